The molecular formula is C29H34FN3O6S2. The molecule has 12 heteroatoms. The van der Waals surface area contributed by atoms with Gasteiger partial charge in [-0.3, -0.25) is 13.9 Å². The van der Waals surface area contributed by atoms with Crippen LogP contribution in [0.1, 0.15) is 34.7 Å². The molecule has 3 fully saturated rings. The van der Waals surface area contributed by atoms with E-state index in [1.165, 1.54) is 42.7 Å². The van der Waals surface area contributed by atoms with Gasteiger partial charge >= 0.3 is 0 Å². The molecule has 2 aromatic carbocycles. The minimum absolute atomic E-state index is 0. The lowest BCUT2D eigenvalue weighted by Crippen LogP contribution is -2.41. The first kappa shape index (κ1) is 29.4. The van der Waals surface area contributed by atoms with Gasteiger partial charge in [-0.05, 0) is 60.6 Å². The Morgan fingerprint density at radius 2 is 1.80 bits per heavy atom. The third kappa shape index (κ3) is 5.21. The van der Waals surface area contributed by atoms with Crippen LogP contribution in [0.2, 0.25) is 0 Å². The first-order valence-electron chi connectivity index (χ1n) is 13.5. The molecule has 220 valence electrons. The Balaban J connectivity index is 0.00000337. The van der Waals surface area contributed by atoms with Crippen molar-refractivity contribution in [2.24, 2.45) is 17.8 Å². The molecule has 1 N–H and O–H groups in total. The number of ether oxygens (including phenoxy) is 1. The van der Waals surface area contributed by atoms with Gasteiger partial charge in [0.05, 0.1) is 30.7 Å². The summed E-state index contributed by atoms with van der Waals surface area (Å²) in [6.07, 6.45) is 2.68. The Hall–Kier alpha value is -3.09. The normalized spacial score (nSPS) is 23.6. The van der Waals surface area contributed by atoms with Crippen LogP contribution in [0.5, 0.6) is 0 Å². The van der Waals surface area contributed by atoms with E-state index in [2.05, 4.69) is 5.32 Å². The number of sulfonamides is 1. The van der Waals surface area contributed by atoms with Gasteiger partial charge < -0.3 is 19.4 Å². The second-order valence-electron chi connectivity index (χ2n) is 11.0. The van der Waals surface area contributed by atoms with E-state index in [0.29, 0.717) is 60.4 Å². The van der Waals surface area contributed by atoms with E-state index in [1.54, 1.807) is 6.07 Å². The number of piperidine rings is 1. The van der Waals surface area contributed by atoms with Gasteiger partial charge in [0.25, 0.3) is 5.91 Å². The largest absolute Gasteiger partial charge is 0.455 e. The molecule has 6 rings (SSSR count). The number of fused-ring (bicyclic) bond motifs is 2. The van der Waals surface area contributed by atoms with Crippen molar-refractivity contribution >= 4 is 52.0 Å². The van der Waals surface area contributed by atoms with Crippen LogP contribution >= 0.6 is 13.5 Å². The molecule has 2 aliphatic heterocycles. The van der Waals surface area contributed by atoms with E-state index >= 15 is 0 Å². The molecule has 1 aliphatic carbocycles. The summed E-state index contributed by atoms with van der Waals surface area (Å²) in [6.45, 7) is 2.40. The maximum atomic E-state index is 13.6. The number of benzene rings is 2. The zero-order valence-corrected chi connectivity index (χ0v) is 25.0. The number of hydrogen-bond donors (Lipinski definition) is 1. The van der Waals surface area contributed by atoms with Crippen LogP contribution in [0.15, 0.2) is 40.8 Å². The van der Waals surface area contributed by atoms with Crippen LogP contribution in [0, 0.1) is 23.6 Å². The van der Waals surface area contributed by atoms with Gasteiger partial charge in [-0.15, -0.1) is 0 Å². The van der Waals surface area contributed by atoms with Crippen LogP contribution in [-0.4, -0.2) is 71.8 Å². The number of anilines is 1. The number of nitrogens with one attached hydrogen (secondary N) is 1. The van der Waals surface area contributed by atoms with Gasteiger partial charge in [0, 0.05) is 56.0 Å². The topological polar surface area (TPSA) is 109 Å². The molecule has 1 aromatic heterocycles. The Bertz CT molecular complexity index is 1600. The van der Waals surface area contributed by atoms with Gasteiger partial charge in [-0.25, -0.2) is 12.8 Å². The van der Waals surface area contributed by atoms with E-state index in [9.17, 15) is 22.4 Å². The maximum absolute atomic E-state index is 13.6. The molecule has 0 bridgehead atoms. The molecule has 3 atom stereocenters. The van der Waals surface area contributed by atoms with E-state index in [4.69, 9.17) is 9.15 Å². The third-order valence-corrected chi connectivity index (χ3v) is 9.84. The molecule has 0 radical (unpaired) electrons. The zero-order chi connectivity index (χ0) is 28.3. The second kappa shape index (κ2) is 11.0. The Labute approximate surface area is 245 Å². The van der Waals surface area contributed by atoms with Gasteiger partial charge in [-0.1, -0.05) is 0 Å². The smallest absolute Gasteiger partial charge is 0.255 e. The highest BCUT2D eigenvalue weighted by atomic mass is 32.2. The number of amides is 2. The summed E-state index contributed by atoms with van der Waals surface area (Å²) in [5, 5.41) is 3.18. The minimum atomic E-state index is -3.63. The standard InChI is InChI=1S/C29H32FN3O6S.H2S/c1-31-28(34)26-20-11-19(17-5-4-10-33(13-17)29(35)25-21-14-38-15-22(21)25)23(32(2)40(3,36)37)12-24(20)39-27(26)16-6-8-18(30)9-7-16;/h6-9,11-12,17,21-22,25H,4-5,10,13-15H2,1-3H3,(H,31,34);1H2/t17-,21?,22?,25?;/m1./s1. The van der Waals surface area contributed by atoms with E-state index < -0.39 is 15.8 Å². The summed E-state index contributed by atoms with van der Waals surface area (Å²) in [7, 11) is -0.628. The number of nitrogens with zero attached hydrogens (tertiary/aromatic N) is 2. The van der Waals surface area contributed by atoms with Crippen molar-refractivity contribution in [1.29, 1.82) is 0 Å². The fourth-order valence-electron chi connectivity index (χ4n) is 6.33. The summed E-state index contributed by atoms with van der Waals surface area (Å²) in [4.78, 5) is 28.4. The van der Waals surface area contributed by atoms with Crippen molar-refractivity contribution in [2.45, 2.75) is 18.8 Å². The molecule has 2 amide bonds. The lowest BCUT2D eigenvalue weighted by molar-refractivity contribution is -0.135. The predicted molar refractivity (Wildman–Crippen MR) is 158 cm³/mol. The summed E-state index contributed by atoms with van der Waals surface area (Å²) in [5.41, 5.74) is 2.31. The molecular weight excluding hydrogens is 569 g/mol. The molecule has 9 nitrogen and oxygen atoms in total. The molecule has 0 spiro atoms. The van der Waals surface area contributed by atoms with E-state index in [1.807, 2.05) is 11.0 Å². The fraction of sp³-hybridized carbons (Fsp3) is 0.448. The predicted octanol–water partition coefficient (Wildman–Crippen LogP) is 3.71. The third-order valence-electron chi connectivity index (χ3n) is 8.64. The number of halogens is 1. The van der Waals surface area contributed by atoms with Crippen molar-refractivity contribution in [3.8, 4) is 11.3 Å². The summed E-state index contributed by atoms with van der Waals surface area (Å²) >= 11 is 0. The highest BCUT2D eigenvalue weighted by Crippen LogP contribution is 2.52. The molecule has 3 aromatic rings. The fourth-order valence-corrected chi connectivity index (χ4v) is 6.85. The number of rotatable bonds is 6. The quantitative estimate of drug-likeness (QED) is 0.460. The van der Waals surface area contributed by atoms with Gasteiger partial charge in [0.2, 0.25) is 15.9 Å². The van der Waals surface area contributed by atoms with Gasteiger partial charge in [-0.2, -0.15) is 13.5 Å². The van der Waals surface area contributed by atoms with Crippen LogP contribution in [0.3, 0.4) is 0 Å². The first-order valence-corrected chi connectivity index (χ1v) is 15.3. The van der Waals surface area contributed by atoms with Crippen LogP contribution < -0.4 is 9.62 Å². The van der Waals surface area contributed by atoms with E-state index in [0.717, 1.165) is 24.7 Å². The molecule has 41 heavy (non-hydrogen) atoms. The van der Waals surface area contributed by atoms with Crippen LogP contribution in [0.4, 0.5) is 10.1 Å². The number of carbonyl (C=O) groups is 2. The molecule has 3 aliphatic rings. The number of carbonyl (C=O) groups excluding carboxylic acids is 2. The number of hydrogen-bond acceptors (Lipinski definition) is 6. The minimum Gasteiger partial charge on any atom is -0.455 e. The lowest BCUT2D eigenvalue weighted by Gasteiger charge is -2.35. The van der Waals surface area contributed by atoms with Gasteiger partial charge in [0.1, 0.15) is 17.2 Å². The molecule has 2 saturated heterocycles. The van der Waals surface area contributed by atoms with Crippen LogP contribution in [0.25, 0.3) is 22.3 Å². The van der Waals surface area contributed by atoms with Crippen molar-refractivity contribution in [1.82, 2.24) is 10.2 Å². The van der Waals surface area contributed by atoms with Gasteiger partial charge in [0.15, 0.2) is 0 Å². The second-order valence-corrected chi connectivity index (χ2v) is 13.1. The number of likely N-dealkylation sites (tertiary alicyclic amines) is 1. The average molecular weight is 604 g/mol. The molecule has 1 saturated carbocycles. The Morgan fingerprint density at radius 3 is 2.44 bits per heavy atom. The maximum Gasteiger partial charge on any atom is 0.255 e. The SMILES string of the molecule is CNC(=O)c1c(-c2ccc(F)cc2)oc2cc(N(C)S(C)(=O)=O)c([C@@H]3CCCN(C(=O)C4C5COCC54)C3)cc12.S. The van der Waals surface area contributed by atoms with Crippen LogP contribution in [-0.2, 0) is 19.6 Å². The van der Waals surface area contributed by atoms with Crippen molar-refractivity contribution < 1.29 is 31.6 Å². The highest BCUT2D eigenvalue weighted by Gasteiger charge is 2.59. The van der Waals surface area contributed by atoms with Crippen molar-refractivity contribution in [3.05, 3.63) is 53.3 Å². The lowest BCUT2D eigenvalue weighted by atomic mass is 9.87. The molecule has 3 heterocycles. The Kier molecular flexibility index (Phi) is 7.86. The zero-order valence-electron chi connectivity index (χ0n) is 23.1. The average Bonchev–Trinajstić information content (AvgIpc) is 3.23. The summed E-state index contributed by atoms with van der Waals surface area (Å²) in [5.74, 6) is 0.107. The number of furan rings is 1. The summed E-state index contributed by atoms with van der Waals surface area (Å²) in [6, 6.07) is 9.12. The monoisotopic (exact) mass is 603 g/mol. The highest BCUT2D eigenvalue weighted by molar-refractivity contribution is 7.92. The molecule has 2 unspecified atom stereocenters. The van der Waals surface area contributed by atoms with E-state index in [-0.39, 0.29) is 48.5 Å². The Morgan fingerprint density at radius 1 is 1.12 bits per heavy atom. The first-order chi connectivity index (χ1) is 19.1. The van der Waals surface area contributed by atoms with Crippen molar-refractivity contribution in [3.63, 3.8) is 0 Å². The van der Waals surface area contributed by atoms with Crippen molar-refractivity contribution in [2.75, 3.05) is 51.0 Å². The summed E-state index contributed by atoms with van der Waals surface area (Å²) < 4.78 is 51.8.